The molecule has 0 aromatic heterocycles. The number of benzene rings is 1. The summed E-state index contributed by atoms with van der Waals surface area (Å²) < 4.78 is 0. The van der Waals surface area contributed by atoms with Crippen molar-refractivity contribution in [2.45, 2.75) is 65.8 Å². The van der Waals surface area contributed by atoms with Gasteiger partial charge in [0.05, 0.1) is 0 Å². The van der Waals surface area contributed by atoms with E-state index in [-0.39, 0.29) is 6.04 Å². The monoisotopic (exact) mass is 259 g/mol. The van der Waals surface area contributed by atoms with Crippen LogP contribution in [0.1, 0.15) is 68.8 Å². The van der Waals surface area contributed by atoms with E-state index in [2.05, 4.69) is 39.8 Å². The summed E-state index contributed by atoms with van der Waals surface area (Å²) >= 11 is 0. The van der Waals surface area contributed by atoms with Crippen molar-refractivity contribution in [3.05, 3.63) is 34.4 Å². The fourth-order valence-electron chi connectivity index (χ4n) is 3.25. The average molecular weight is 259 g/mol. The fourth-order valence-corrected chi connectivity index (χ4v) is 3.25. The Hall–Kier alpha value is -0.820. The molecular formula is C18H29N. The van der Waals surface area contributed by atoms with Crippen LogP contribution in [0.3, 0.4) is 0 Å². The molecule has 0 spiro atoms. The highest BCUT2D eigenvalue weighted by molar-refractivity contribution is 5.42. The lowest BCUT2D eigenvalue weighted by Crippen LogP contribution is -2.23. The first-order chi connectivity index (χ1) is 9.12. The summed E-state index contributed by atoms with van der Waals surface area (Å²) in [6.07, 6.45) is 6.08. The molecule has 1 fully saturated rings. The molecule has 106 valence electrons. The van der Waals surface area contributed by atoms with Crippen LogP contribution >= 0.6 is 0 Å². The summed E-state index contributed by atoms with van der Waals surface area (Å²) in [7, 11) is 0. The summed E-state index contributed by atoms with van der Waals surface area (Å²) in [5.41, 5.74) is 12.5. The van der Waals surface area contributed by atoms with Crippen molar-refractivity contribution in [1.82, 2.24) is 0 Å². The Morgan fingerprint density at radius 2 is 1.58 bits per heavy atom. The summed E-state index contributed by atoms with van der Waals surface area (Å²) in [6.45, 7) is 9.09. The molecule has 2 atom stereocenters. The lowest BCUT2D eigenvalue weighted by molar-refractivity contribution is 0.413. The Morgan fingerprint density at radius 1 is 1.05 bits per heavy atom. The van der Waals surface area contributed by atoms with Gasteiger partial charge >= 0.3 is 0 Å². The molecule has 1 aromatic carbocycles. The minimum Gasteiger partial charge on any atom is -0.324 e. The molecule has 1 heteroatoms. The van der Waals surface area contributed by atoms with E-state index in [1.807, 2.05) is 0 Å². The Bertz CT molecular complexity index is 406. The normalized spacial score (nSPS) is 18.4. The zero-order valence-corrected chi connectivity index (χ0v) is 13.0. The summed E-state index contributed by atoms with van der Waals surface area (Å²) in [4.78, 5) is 0. The molecule has 1 aliphatic rings. The number of hydrogen-bond donors (Lipinski definition) is 1. The van der Waals surface area contributed by atoms with Gasteiger partial charge in [0.25, 0.3) is 0 Å². The minimum atomic E-state index is 0.225. The van der Waals surface area contributed by atoms with Gasteiger partial charge in [-0.3, -0.25) is 0 Å². The maximum absolute atomic E-state index is 6.62. The number of aryl methyl sites for hydroxylation is 3. The third-order valence-electron chi connectivity index (χ3n) is 4.85. The van der Waals surface area contributed by atoms with Crippen molar-refractivity contribution >= 4 is 0 Å². The standard InChI is InChI=1S/C18H29N/c1-5-13-10-14(6-2)17(15(7-3)11-13)18(19)12(4)16-8-9-16/h10-12,16,18H,5-9,19H2,1-4H3. The summed E-state index contributed by atoms with van der Waals surface area (Å²) in [6, 6.07) is 4.99. The van der Waals surface area contributed by atoms with Crippen molar-refractivity contribution < 1.29 is 0 Å². The van der Waals surface area contributed by atoms with Gasteiger partial charge in [-0.25, -0.2) is 0 Å². The Balaban J connectivity index is 2.40. The van der Waals surface area contributed by atoms with Crippen LogP contribution in [0.5, 0.6) is 0 Å². The Kier molecular flexibility index (Phi) is 4.67. The zero-order chi connectivity index (χ0) is 14.0. The molecule has 0 bridgehead atoms. The van der Waals surface area contributed by atoms with E-state index in [0.29, 0.717) is 5.92 Å². The third kappa shape index (κ3) is 3.02. The quantitative estimate of drug-likeness (QED) is 0.804. The van der Waals surface area contributed by atoms with Gasteiger partial charge in [0.15, 0.2) is 0 Å². The van der Waals surface area contributed by atoms with Crippen LogP contribution in [0.15, 0.2) is 12.1 Å². The van der Waals surface area contributed by atoms with Crippen molar-refractivity contribution in [3.8, 4) is 0 Å². The number of nitrogens with two attached hydrogens (primary N) is 1. The predicted octanol–water partition coefficient (Wildman–Crippen LogP) is 4.42. The molecule has 0 saturated heterocycles. The van der Waals surface area contributed by atoms with Crippen LogP contribution < -0.4 is 5.73 Å². The first-order valence-corrected chi connectivity index (χ1v) is 8.02. The lowest BCUT2D eigenvalue weighted by Gasteiger charge is -2.26. The lowest BCUT2D eigenvalue weighted by atomic mass is 9.83. The van der Waals surface area contributed by atoms with Crippen LogP contribution in [0.2, 0.25) is 0 Å². The van der Waals surface area contributed by atoms with E-state index in [9.17, 15) is 0 Å². The topological polar surface area (TPSA) is 26.0 Å². The maximum Gasteiger partial charge on any atom is 0.0329 e. The van der Waals surface area contributed by atoms with E-state index >= 15 is 0 Å². The predicted molar refractivity (Wildman–Crippen MR) is 83.4 cm³/mol. The van der Waals surface area contributed by atoms with Crippen LogP contribution in [-0.2, 0) is 19.3 Å². The Labute approximate surface area is 118 Å². The molecule has 0 heterocycles. The molecule has 2 rings (SSSR count). The molecule has 19 heavy (non-hydrogen) atoms. The highest BCUT2D eigenvalue weighted by Crippen LogP contribution is 2.43. The Morgan fingerprint density at radius 3 is 1.95 bits per heavy atom. The smallest absolute Gasteiger partial charge is 0.0329 e. The molecule has 1 saturated carbocycles. The highest BCUT2D eigenvalue weighted by atomic mass is 14.7. The molecule has 0 aliphatic heterocycles. The minimum absolute atomic E-state index is 0.225. The van der Waals surface area contributed by atoms with Crippen LogP contribution in [0, 0.1) is 11.8 Å². The second kappa shape index (κ2) is 6.09. The van der Waals surface area contributed by atoms with Crippen LogP contribution in [0.25, 0.3) is 0 Å². The number of rotatable bonds is 6. The number of hydrogen-bond acceptors (Lipinski definition) is 1. The van der Waals surface area contributed by atoms with Crippen LogP contribution in [0.4, 0.5) is 0 Å². The fraction of sp³-hybridized carbons (Fsp3) is 0.667. The van der Waals surface area contributed by atoms with Crippen molar-refractivity contribution in [2.24, 2.45) is 17.6 Å². The van der Waals surface area contributed by atoms with E-state index in [1.165, 1.54) is 35.1 Å². The van der Waals surface area contributed by atoms with E-state index in [0.717, 1.165) is 25.2 Å². The maximum atomic E-state index is 6.62. The van der Waals surface area contributed by atoms with Gasteiger partial charge in [-0.15, -0.1) is 0 Å². The van der Waals surface area contributed by atoms with Gasteiger partial charge < -0.3 is 5.73 Å². The highest BCUT2D eigenvalue weighted by Gasteiger charge is 2.33. The second-order valence-electron chi connectivity index (χ2n) is 6.11. The molecule has 2 unspecified atom stereocenters. The summed E-state index contributed by atoms with van der Waals surface area (Å²) in [5, 5.41) is 0. The largest absolute Gasteiger partial charge is 0.324 e. The molecular weight excluding hydrogens is 230 g/mol. The van der Waals surface area contributed by atoms with Gasteiger partial charge in [0.2, 0.25) is 0 Å². The third-order valence-corrected chi connectivity index (χ3v) is 4.85. The van der Waals surface area contributed by atoms with Gasteiger partial charge in [-0.2, -0.15) is 0 Å². The van der Waals surface area contributed by atoms with E-state index in [1.54, 1.807) is 0 Å². The molecule has 0 radical (unpaired) electrons. The molecule has 1 nitrogen and oxygen atoms in total. The molecule has 0 amide bonds. The van der Waals surface area contributed by atoms with Gasteiger partial charge in [0.1, 0.15) is 0 Å². The van der Waals surface area contributed by atoms with E-state index in [4.69, 9.17) is 5.73 Å². The van der Waals surface area contributed by atoms with Gasteiger partial charge in [-0.05, 0) is 66.2 Å². The van der Waals surface area contributed by atoms with Crippen molar-refractivity contribution in [1.29, 1.82) is 0 Å². The molecule has 2 N–H and O–H groups in total. The van der Waals surface area contributed by atoms with E-state index < -0.39 is 0 Å². The first-order valence-electron chi connectivity index (χ1n) is 8.02. The van der Waals surface area contributed by atoms with Crippen molar-refractivity contribution in [2.75, 3.05) is 0 Å². The van der Waals surface area contributed by atoms with Crippen LogP contribution in [-0.4, -0.2) is 0 Å². The SMILES string of the molecule is CCc1cc(CC)c(C(N)C(C)C2CC2)c(CC)c1. The summed E-state index contributed by atoms with van der Waals surface area (Å²) in [5.74, 6) is 1.50. The second-order valence-corrected chi connectivity index (χ2v) is 6.11. The van der Waals surface area contributed by atoms with Gasteiger partial charge in [0, 0.05) is 6.04 Å². The first kappa shape index (κ1) is 14.6. The molecule has 1 aromatic rings. The average Bonchev–Trinajstić information content (AvgIpc) is 3.28. The molecule has 1 aliphatic carbocycles. The van der Waals surface area contributed by atoms with Crippen molar-refractivity contribution in [3.63, 3.8) is 0 Å². The van der Waals surface area contributed by atoms with Gasteiger partial charge in [-0.1, -0.05) is 39.8 Å². The zero-order valence-electron chi connectivity index (χ0n) is 13.0.